The number of carbonyl (C=O) groups excluding carboxylic acids is 3. The highest BCUT2D eigenvalue weighted by molar-refractivity contribution is 5.71. The number of carbonyl (C=O) groups is 3. The summed E-state index contributed by atoms with van der Waals surface area (Å²) in [6.45, 7) is 6.34. The lowest BCUT2D eigenvalue weighted by Crippen LogP contribution is -2.30. The zero-order chi connectivity index (χ0) is 48.6. The van der Waals surface area contributed by atoms with Crippen LogP contribution in [0.4, 0.5) is 0 Å². The first-order chi connectivity index (χ1) is 33.0. The lowest BCUT2D eigenvalue weighted by molar-refractivity contribution is -0.167. The molecule has 0 aliphatic rings. The Balaban J connectivity index is 4.58. The van der Waals surface area contributed by atoms with Crippen molar-refractivity contribution >= 4 is 17.9 Å². The molecule has 0 aromatic carbocycles. The van der Waals surface area contributed by atoms with Gasteiger partial charge in [0.2, 0.25) is 0 Å². The molecule has 6 heteroatoms. The van der Waals surface area contributed by atoms with Gasteiger partial charge in [-0.3, -0.25) is 14.4 Å². The summed E-state index contributed by atoms with van der Waals surface area (Å²) in [5.41, 5.74) is 0. The molecule has 0 bridgehead atoms. The third kappa shape index (κ3) is 52.4. The number of unbranched alkanes of at least 4 members (excludes halogenated alkanes) is 21. The standard InChI is InChI=1S/C61H96O6/c1-4-7-10-13-16-19-22-25-27-29-31-33-36-39-42-45-48-51-54-60(63)66-57-58(56-65-59(62)53-50-47-44-41-38-35-24-21-18-15-12-9-6-3)67-61(64)55-52-49-46-43-40-37-34-32-30-28-26-23-20-17-14-11-8-5-2/h9,12,15,18,21-35,38,41,44,58H,4-8,10-11,13-14,16-17,19-20,36-37,39-40,42-43,45-57H2,1-3H3/b12-9-,18-15-,24-21-,25-22-,26-23-,29-27-,30-28-,33-31-,34-32-,38-35-,44-41-. The van der Waals surface area contributed by atoms with Gasteiger partial charge in [0, 0.05) is 19.3 Å². The van der Waals surface area contributed by atoms with Gasteiger partial charge in [0.05, 0.1) is 0 Å². The number of esters is 3. The van der Waals surface area contributed by atoms with Crippen LogP contribution < -0.4 is 0 Å². The highest BCUT2D eigenvalue weighted by atomic mass is 16.6. The number of ether oxygens (including phenoxy) is 3. The monoisotopic (exact) mass is 925 g/mol. The highest BCUT2D eigenvalue weighted by Crippen LogP contribution is 2.12. The van der Waals surface area contributed by atoms with Crippen molar-refractivity contribution in [2.75, 3.05) is 13.2 Å². The zero-order valence-corrected chi connectivity index (χ0v) is 42.9. The van der Waals surface area contributed by atoms with Gasteiger partial charge in [-0.2, -0.15) is 0 Å². The van der Waals surface area contributed by atoms with E-state index < -0.39 is 6.10 Å². The van der Waals surface area contributed by atoms with Crippen LogP contribution in [-0.4, -0.2) is 37.2 Å². The van der Waals surface area contributed by atoms with Crippen LogP contribution >= 0.6 is 0 Å². The molecule has 376 valence electrons. The minimum atomic E-state index is -0.831. The van der Waals surface area contributed by atoms with E-state index >= 15 is 0 Å². The molecular weight excluding hydrogens is 829 g/mol. The zero-order valence-electron chi connectivity index (χ0n) is 42.9. The number of hydrogen-bond acceptors (Lipinski definition) is 6. The fraction of sp³-hybridized carbons (Fsp3) is 0.590. The van der Waals surface area contributed by atoms with Crippen LogP contribution in [0.5, 0.6) is 0 Å². The Morgan fingerprint density at radius 2 is 0.597 bits per heavy atom. The van der Waals surface area contributed by atoms with E-state index in [9.17, 15) is 14.4 Å². The minimum absolute atomic E-state index is 0.125. The predicted molar refractivity (Wildman–Crippen MR) is 288 cm³/mol. The van der Waals surface area contributed by atoms with Gasteiger partial charge in [-0.05, 0) is 83.5 Å². The summed E-state index contributed by atoms with van der Waals surface area (Å²) in [5.74, 6) is -1.05. The Bertz CT molecular complexity index is 1480. The van der Waals surface area contributed by atoms with Crippen LogP contribution in [0.15, 0.2) is 134 Å². The lowest BCUT2D eigenvalue weighted by Gasteiger charge is -2.18. The summed E-state index contributed by atoms with van der Waals surface area (Å²) in [5, 5.41) is 0. The third-order valence-corrected chi connectivity index (χ3v) is 10.9. The van der Waals surface area contributed by atoms with E-state index in [0.717, 1.165) is 103 Å². The van der Waals surface area contributed by atoms with Crippen molar-refractivity contribution in [3.05, 3.63) is 134 Å². The summed E-state index contributed by atoms with van der Waals surface area (Å²) in [7, 11) is 0. The summed E-state index contributed by atoms with van der Waals surface area (Å²) in [4.78, 5) is 38.0. The second-order valence-electron chi connectivity index (χ2n) is 17.3. The van der Waals surface area contributed by atoms with Gasteiger partial charge >= 0.3 is 17.9 Å². The van der Waals surface area contributed by atoms with Gasteiger partial charge in [0.15, 0.2) is 6.10 Å². The van der Waals surface area contributed by atoms with Crippen LogP contribution in [-0.2, 0) is 28.6 Å². The van der Waals surface area contributed by atoms with Gasteiger partial charge in [-0.1, -0.05) is 244 Å². The van der Waals surface area contributed by atoms with Crippen molar-refractivity contribution in [1.82, 2.24) is 0 Å². The fourth-order valence-electron chi connectivity index (χ4n) is 6.83. The Morgan fingerprint density at radius 1 is 0.313 bits per heavy atom. The van der Waals surface area contributed by atoms with E-state index in [4.69, 9.17) is 14.2 Å². The van der Waals surface area contributed by atoms with Gasteiger partial charge < -0.3 is 14.2 Å². The smallest absolute Gasteiger partial charge is 0.306 e. The first-order valence-corrected chi connectivity index (χ1v) is 26.8. The van der Waals surface area contributed by atoms with E-state index in [1.54, 1.807) is 0 Å². The quantitative estimate of drug-likeness (QED) is 0.0262. The minimum Gasteiger partial charge on any atom is -0.462 e. The summed E-state index contributed by atoms with van der Waals surface area (Å²) < 4.78 is 16.7. The first-order valence-electron chi connectivity index (χ1n) is 26.8. The molecular formula is C61H96O6. The maximum absolute atomic E-state index is 12.8. The van der Waals surface area contributed by atoms with Gasteiger partial charge in [0.1, 0.15) is 13.2 Å². The topological polar surface area (TPSA) is 78.9 Å². The average Bonchev–Trinajstić information content (AvgIpc) is 3.33. The summed E-state index contributed by atoms with van der Waals surface area (Å²) in [6.07, 6.45) is 75.8. The Labute approximate surface area is 411 Å². The molecule has 0 amide bonds. The molecule has 0 aliphatic carbocycles. The van der Waals surface area contributed by atoms with E-state index in [1.807, 2.05) is 54.7 Å². The van der Waals surface area contributed by atoms with Gasteiger partial charge in [-0.25, -0.2) is 0 Å². The van der Waals surface area contributed by atoms with Crippen molar-refractivity contribution in [2.24, 2.45) is 0 Å². The van der Waals surface area contributed by atoms with E-state index in [2.05, 4.69) is 99.8 Å². The normalized spacial score (nSPS) is 13.2. The molecule has 0 aliphatic heterocycles. The Hall–Kier alpha value is -4.45. The third-order valence-electron chi connectivity index (χ3n) is 10.9. The van der Waals surface area contributed by atoms with Crippen molar-refractivity contribution < 1.29 is 28.6 Å². The van der Waals surface area contributed by atoms with Gasteiger partial charge in [-0.15, -0.1) is 0 Å². The van der Waals surface area contributed by atoms with Crippen molar-refractivity contribution in [3.63, 3.8) is 0 Å². The summed E-state index contributed by atoms with van der Waals surface area (Å²) >= 11 is 0. The fourth-order valence-corrected chi connectivity index (χ4v) is 6.83. The van der Waals surface area contributed by atoms with Crippen LogP contribution in [0.3, 0.4) is 0 Å². The maximum atomic E-state index is 12.8. The molecule has 1 atom stereocenters. The molecule has 6 nitrogen and oxygen atoms in total. The molecule has 67 heavy (non-hydrogen) atoms. The van der Waals surface area contributed by atoms with Crippen LogP contribution in [0, 0.1) is 0 Å². The molecule has 0 rings (SSSR count). The maximum Gasteiger partial charge on any atom is 0.306 e. The second-order valence-corrected chi connectivity index (χ2v) is 17.3. The van der Waals surface area contributed by atoms with Gasteiger partial charge in [0.25, 0.3) is 0 Å². The number of rotatable bonds is 46. The second kappa shape index (κ2) is 54.2. The Morgan fingerprint density at radius 3 is 0.970 bits per heavy atom. The molecule has 0 spiro atoms. The number of allylic oxidation sites excluding steroid dienone is 22. The molecule has 0 saturated carbocycles. The number of hydrogen-bond donors (Lipinski definition) is 0. The van der Waals surface area contributed by atoms with E-state index in [0.29, 0.717) is 12.8 Å². The average molecular weight is 925 g/mol. The van der Waals surface area contributed by atoms with E-state index in [-0.39, 0.29) is 44.0 Å². The molecule has 0 heterocycles. The van der Waals surface area contributed by atoms with Crippen LogP contribution in [0.1, 0.15) is 213 Å². The van der Waals surface area contributed by atoms with E-state index in [1.165, 1.54) is 64.2 Å². The van der Waals surface area contributed by atoms with Crippen LogP contribution in [0.25, 0.3) is 0 Å². The van der Waals surface area contributed by atoms with Crippen molar-refractivity contribution in [2.45, 2.75) is 219 Å². The van der Waals surface area contributed by atoms with Crippen molar-refractivity contribution in [3.8, 4) is 0 Å². The molecule has 1 unspecified atom stereocenters. The SMILES string of the molecule is CC\C=C/C=C\C=C/C=C\C=C/CCCC(=O)OCC(COC(=O)CCCCCCC\C=C/C=C\C=C/CCCCCCC)OC(=O)CCCCCCC\C=C/C=C\C=C/CCCCCCC. The Kier molecular flexibility index (Phi) is 50.6. The molecule has 0 N–H and O–H groups in total. The predicted octanol–water partition coefficient (Wildman–Crippen LogP) is 17.9. The summed E-state index contributed by atoms with van der Waals surface area (Å²) in [6, 6.07) is 0. The molecule has 0 aromatic heterocycles. The van der Waals surface area contributed by atoms with Crippen LogP contribution in [0.2, 0.25) is 0 Å². The molecule has 0 aromatic rings. The molecule has 0 fully saturated rings. The first kappa shape index (κ1) is 62.5. The lowest BCUT2D eigenvalue weighted by atomic mass is 10.1. The van der Waals surface area contributed by atoms with Crippen molar-refractivity contribution in [1.29, 1.82) is 0 Å². The highest BCUT2D eigenvalue weighted by Gasteiger charge is 2.19. The largest absolute Gasteiger partial charge is 0.462 e. The molecule has 0 saturated heterocycles. The molecule has 0 radical (unpaired) electrons.